The van der Waals surface area contributed by atoms with Gasteiger partial charge in [0.15, 0.2) is 0 Å². The molecule has 5 nitrogen and oxygen atoms in total. The summed E-state index contributed by atoms with van der Waals surface area (Å²) in [5.74, 6) is -0.382. The van der Waals surface area contributed by atoms with Crippen LogP contribution >= 0.6 is 23.4 Å². The van der Waals surface area contributed by atoms with Gasteiger partial charge in [-0.05, 0) is 35.5 Å². The molecule has 26 heavy (non-hydrogen) atoms. The number of rotatable bonds is 5. The zero-order chi connectivity index (χ0) is 18.5. The number of ether oxygens (including phenoxy) is 1. The smallest absolute Gasteiger partial charge is 0.330 e. The number of aryl methyl sites for hydroxylation is 1. The van der Waals surface area contributed by atoms with Crippen molar-refractivity contribution < 1.29 is 9.53 Å². The molecule has 3 rings (SSSR count). The number of imidazole rings is 1. The highest BCUT2D eigenvalue weighted by atomic mass is 35.5. The lowest BCUT2D eigenvalue weighted by atomic mass is 10.1. The van der Waals surface area contributed by atoms with Crippen LogP contribution in [0.3, 0.4) is 0 Å². The van der Waals surface area contributed by atoms with Gasteiger partial charge in [0.25, 0.3) is 0 Å². The van der Waals surface area contributed by atoms with Crippen LogP contribution in [-0.4, -0.2) is 27.6 Å². The number of aromatic nitrogens is 3. The summed E-state index contributed by atoms with van der Waals surface area (Å²) >= 11 is 7.43. The van der Waals surface area contributed by atoms with E-state index in [4.69, 9.17) is 11.6 Å². The summed E-state index contributed by atoms with van der Waals surface area (Å²) in [6.07, 6.45) is 6.51. The van der Waals surface area contributed by atoms with Crippen LogP contribution in [0.25, 0.3) is 17.3 Å². The van der Waals surface area contributed by atoms with Gasteiger partial charge in [0.2, 0.25) is 0 Å². The highest BCUT2D eigenvalue weighted by molar-refractivity contribution is 7.99. The normalized spacial score (nSPS) is 11.0. The first-order valence-corrected chi connectivity index (χ1v) is 8.93. The molecule has 7 heteroatoms. The van der Waals surface area contributed by atoms with Gasteiger partial charge in [0, 0.05) is 24.9 Å². The summed E-state index contributed by atoms with van der Waals surface area (Å²) in [5, 5.41) is 2.43. The molecule has 2 heterocycles. The van der Waals surface area contributed by atoms with E-state index in [0.29, 0.717) is 5.02 Å². The number of hydrogen-bond donors (Lipinski definition) is 0. The average molecular weight is 386 g/mol. The minimum Gasteiger partial charge on any atom is -0.466 e. The number of halogens is 1. The Hall–Kier alpha value is -2.57. The quantitative estimate of drug-likeness (QED) is 0.479. The van der Waals surface area contributed by atoms with E-state index in [9.17, 15) is 4.79 Å². The van der Waals surface area contributed by atoms with Crippen LogP contribution in [0.5, 0.6) is 0 Å². The van der Waals surface area contributed by atoms with E-state index < -0.39 is 0 Å². The summed E-state index contributed by atoms with van der Waals surface area (Å²) in [5.41, 5.74) is 2.76. The van der Waals surface area contributed by atoms with Gasteiger partial charge >= 0.3 is 5.97 Å². The first-order valence-electron chi connectivity index (χ1n) is 7.74. The lowest BCUT2D eigenvalue weighted by Crippen LogP contribution is -1.93. The summed E-state index contributed by atoms with van der Waals surface area (Å²) in [7, 11) is 3.30. The van der Waals surface area contributed by atoms with Gasteiger partial charge in [-0.15, -0.1) is 0 Å². The number of esters is 1. The second kappa shape index (κ2) is 8.21. The Morgan fingerprint density at radius 3 is 2.62 bits per heavy atom. The third-order valence-corrected chi connectivity index (χ3v) is 4.93. The molecule has 0 aliphatic rings. The molecule has 0 atom stereocenters. The average Bonchev–Trinajstić information content (AvgIpc) is 3.02. The molecule has 0 radical (unpaired) electrons. The Morgan fingerprint density at radius 2 is 1.96 bits per heavy atom. The lowest BCUT2D eigenvalue weighted by molar-refractivity contribution is -0.134. The molecule has 0 spiro atoms. The first-order chi connectivity index (χ1) is 12.6. The minimum atomic E-state index is -0.382. The molecule has 0 bridgehead atoms. The molecule has 3 aromatic rings. The minimum absolute atomic E-state index is 0.382. The summed E-state index contributed by atoms with van der Waals surface area (Å²) < 4.78 is 6.55. The summed E-state index contributed by atoms with van der Waals surface area (Å²) in [6.45, 7) is 0. The third-order valence-electron chi connectivity index (χ3n) is 3.58. The summed E-state index contributed by atoms with van der Waals surface area (Å²) in [4.78, 5) is 20.0. The van der Waals surface area contributed by atoms with Crippen LogP contribution in [-0.2, 0) is 16.6 Å². The van der Waals surface area contributed by atoms with Gasteiger partial charge in [-0.3, -0.25) is 0 Å². The molecule has 0 amide bonds. The SMILES string of the molecule is COC(=O)C=Cc1ccc(-c2ncn(C)c2Sc2ccc(Cl)cn2)cc1. The van der Waals surface area contributed by atoms with Crippen molar-refractivity contribution in [2.45, 2.75) is 10.1 Å². The van der Waals surface area contributed by atoms with E-state index in [1.54, 1.807) is 18.6 Å². The van der Waals surface area contributed by atoms with E-state index in [-0.39, 0.29) is 5.97 Å². The fourth-order valence-electron chi connectivity index (χ4n) is 2.24. The number of carbonyl (C=O) groups excluding carboxylic acids is 1. The molecule has 0 fully saturated rings. The van der Waals surface area contributed by atoms with Crippen LogP contribution in [0.4, 0.5) is 0 Å². The van der Waals surface area contributed by atoms with Gasteiger partial charge < -0.3 is 9.30 Å². The van der Waals surface area contributed by atoms with E-state index in [0.717, 1.165) is 26.9 Å². The maximum Gasteiger partial charge on any atom is 0.330 e. The number of benzene rings is 1. The van der Waals surface area contributed by atoms with Gasteiger partial charge in [-0.1, -0.05) is 35.9 Å². The zero-order valence-corrected chi connectivity index (χ0v) is 15.8. The molecular weight excluding hydrogens is 370 g/mol. The number of hydrogen-bond acceptors (Lipinski definition) is 5. The fourth-order valence-corrected chi connectivity index (χ4v) is 3.25. The zero-order valence-electron chi connectivity index (χ0n) is 14.2. The maximum atomic E-state index is 11.2. The molecule has 0 aliphatic heterocycles. The van der Waals surface area contributed by atoms with Crippen molar-refractivity contribution in [3.05, 3.63) is 65.6 Å². The number of methoxy groups -OCH3 is 1. The number of pyridine rings is 1. The second-order valence-corrected chi connectivity index (χ2v) is 6.85. The molecule has 0 saturated heterocycles. The lowest BCUT2D eigenvalue weighted by Gasteiger charge is -2.06. The van der Waals surface area contributed by atoms with Crippen LogP contribution in [0.2, 0.25) is 5.02 Å². The van der Waals surface area contributed by atoms with E-state index in [1.807, 2.05) is 48.0 Å². The molecule has 0 N–H and O–H groups in total. The Morgan fingerprint density at radius 1 is 1.19 bits per heavy atom. The van der Waals surface area contributed by atoms with Gasteiger partial charge in [-0.2, -0.15) is 0 Å². The maximum absolute atomic E-state index is 11.2. The Kier molecular flexibility index (Phi) is 5.75. The van der Waals surface area contributed by atoms with Crippen molar-refractivity contribution in [1.82, 2.24) is 14.5 Å². The summed E-state index contributed by atoms with van der Waals surface area (Å²) in [6, 6.07) is 11.5. The van der Waals surface area contributed by atoms with Crippen molar-refractivity contribution in [2.75, 3.05) is 7.11 Å². The first kappa shape index (κ1) is 18.2. The molecule has 0 unspecified atom stereocenters. The fraction of sp³-hybridized carbons (Fsp3) is 0.105. The largest absolute Gasteiger partial charge is 0.466 e. The Bertz CT molecular complexity index is 934. The van der Waals surface area contributed by atoms with Crippen molar-refractivity contribution in [2.24, 2.45) is 7.05 Å². The van der Waals surface area contributed by atoms with Crippen molar-refractivity contribution in [3.8, 4) is 11.3 Å². The van der Waals surface area contributed by atoms with Gasteiger partial charge in [-0.25, -0.2) is 14.8 Å². The highest BCUT2D eigenvalue weighted by Crippen LogP contribution is 2.34. The number of carbonyl (C=O) groups is 1. The van der Waals surface area contributed by atoms with Crippen LogP contribution in [0, 0.1) is 0 Å². The van der Waals surface area contributed by atoms with Crippen LogP contribution in [0.1, 0.15) is 5.56 Å². The molecule has 2 aromatic heterocycles. The van der Waals surface area contributed by atoms with E-state index in [2.05, 4.69) is 14.7 Å². The van der Waals surface area contributed by atoms with E-state index in [1.165, 1.54) is 24.9 Å². The topological polar surface area (TPSA) is 57.0 Å². The van der Waals surface area contributed by atoms with Gasteiger partial charge in [0.05, 0.1) is 18.5 Å². The molecule has 0 saturated carbocycles. The molecular formula is C19H16ClN3O2S. The predicted octanol–water partition coefficient (Wildman–Crippen LogP) is 4.47. The molecule has 0 aliphatic carbocycles. The van der Waals surface area contributed by atoms with Crippen LogP contribution < -0.4 is 0 Å². The van der Waals surface area contributed by atoms with Crippen LogP contribution in [0.15, 0.2) is 65.1 Å². The predicted molar refractivity (Wildman–Crippen MR) is 103 cm³/mol. The molecule has 1 aromatic carbocycles. The molecule has 132 valence electrons. The van der Waals surface area contributed by atoms with Crippen molar-refractivity contribution in [1.29, 1.82) is 0 Å². The van der Waals surface area contributed by atoms with Crippen molar-refractivity contribution in [3.63, 3.8) is 0 Å². The monoisotopic (exact) mass is 385 g/mol. The number of nitrogens with zero attached hydrogens (tertiary/aromatic N) is 3. The van der Waals surface area contributed by atoms with Crippen molar-refractivity contribution >= 4 is 35.4 Å². The second-order valence-electron chi connectivity index (χ2n) is 5.40. The highest BCUT2D eigenvalue weighted by Gasteiger charge is 2.13. The standard InChI is InChI=1S/C19H16ClN3O2S/c1-23-12-22-18(19(23)26-16-9-8-15(20)11-21-16)14-6-3-13(4-7-14)5-10-17(24)25-2/h3-12H,1-2H3. The van der Waals surface area contributed by atoms with E-state index >= 15 is 0 Å². The Labute approximate surface area is 160 Å². The third kappa shape index (κ3) is 4.33. The van der Waals surface area contributed by atoms with Gasteiger partial charge in [0.1, 0.15) is 15.7 Å². The Balaban J connectivity index is 1.84.